The summed E-state index contributed by atoms with van der Waals surface area (Å²) >= 11 is 7.10. The fraction of sp³-hybridized carbons (Fsp3) is 0.353. The van der Waals surface area contributed by atoms with Crippen molar-refractivity contribution in [1.29, 1.82) is 0 Å². The lowest BCUT2D eigenvalue weighted by Gasteiger charge is -2.42. The average molecular weight is 659 g/mol. The van der Waals surface area contributed by atoms with Gasteiger partial charge in [0.2, 0.25) is 11.6 Å². The van der Waals surface area contributed by atoms with E-state index in [1.807, 2.05) is 38.1 Å². The Morgan fingerprint density at radius 3 is 2.49 bits per heavy atom. The van der Waals surface area contributed by atoms with Gasteiger partial charge in [-0.1, -0.05) is 41.9 Å². The van der Waals surface area contributed by atoms with Gasteiger partial charge in [0.25, 0.3) is 11.5 Å². The van der Waals surface area contributed by atoms with Gasteiger partial charge in [0.15, 0.2) is 0 Å². The molecule has 244 valence electrons. The van der Waals surface area contributed by atoms with Crippen LogP contribution in [0.2, 0.25) is 5.02 Å². The summed E-state index contributed by atoms with van der Waals surface area (Å²) in [4.78, 5) is 57.1. The number of halogens is 1. The Hall–Kier alpha value is -4.81. The van der Waals surface area contributed by atoms with Crippen LogP contribution in [-0.4, -0.2) is 62.9 Å². The summed E-state index contributed by atoms with van der Waals surface area (Å²) in [5.41, 5.74) is 4.48. The zero-order valence-corrected chi connectivity index (χ0v) is 27.6. The molecule has 47 heavy (non-hydrogen) atoms. The zero-order valence-electron chi connectivity index (χ0n) is 26.8. The van der Waals surface area contributed by atoms with Crippen LogP contribution < -0.4 is 21.3 Å². The van der Waals surface area contributed by atoms with Gasteiger partial charge in [0, 0.05) is 55.6 Å². The molecule has 1 fully saturated rings. The molecule has 1 saturated heterocycles. The first kappa shape index (κ1) is 32.1. The highest BCUT2D eigenvalue weighted by Crippen LogP contribution is 2.46. The van der Waals surface area contributed by atoms with Gasteiger partial charge in [-0.2, -0.15) is 5.10 Å². The van der Waals surface area contributed by atoms with E-state index >= 15 is 0 Å². The van der Waals surface area contributed by atoms with Crippen molar-refractivity contribution in [2.24, 2.45) is 20.0 Å². The average Bonchev–Trinajstić information content (AvgIpc) is 3.45. The summed E-state index contributed by atoms with van der Waals surface area (Å²) in [6.45, 7) is 5.35. The van der Waals surface area contributed by atoms with Crippen LogP contribution >= 0.6 is 11.6 Å². The van der Waals surface area contributed by atoms with Crippen molar-refractivity contribution in [3.8, 4) is 28.3 Å². The number of nitrogens with zero attached hydrogens (tertiary/aromatic N) is 5. The molecule has 0 radical (unpaired) electrons. The Morgan fingerprint density at radius 2 is 1.77 bits per heavy atom. The van der Waals surface area contributed by atoms with E-state index in [4.69, 9.17) is 26.1 Å². The molecule has 1 atom stereocenters. The van der Waals surface area contributed by atoms with Gasteiger partial charge in [0.05, 0.1) is 30.4 Å². The van der Waals surface area contributed by atoms with E-state index in [1.165, 1.54) is 14.1 Å². The lowest BCUT2D eigenvalue weighted by atomic mass is 9.94. The topological polar surface area (TPSA) is 138 Å². The number of likely N-dealkylation sites (tertiary alicyclic amines) is 1. The maximum Gasteiger partial charge on any atom is 0.346 e. The third kappa shape index (κ3) is 5.72. The summed E-state index contributed by atoms with van der Waals surface area (Å²) in [5, 5.41) is 7.13. The second-order valence-corrected chi connectivity index (χ2v) is 12.1. The molecule has 0 spiro atoms. The third-order valence-electron chi connectivity index (χ3n) is 8.98. The molecular formula is C34H35ClN6O6. The van der Waals surface area contributed by atoms with Crippen molar-refractivity contribution in [1.82, 2.24) is 24.2 Å². The normalized spacial score (nSPS) is 16.0. The first-order valence-corrected chi connectivity index (χ1v) is 15.7. The second kappa shape index (κ2) is 12.8. The van der Waals surface area contributed by atoms with Gasteiger partial charge in [0.1, 0.15) is 0 Å². The molecule has 0 saturated carbocycles. The number of amides is 1. The number of rotatable bonds is 8. The molecule has 4 aromatic rings. The number of ether oxygens (including phenoxy) is 2. The highest BCUT2D eigenvalue weighted by molar-refractivity contribution is 6.36. The number of aryl methyl sites for hydroxylation is 2. The molecule has 1 amide bonds. The van der Waals surface area contributed by atoms with Gasteiger partial charge in [-0.05, 0) is 55.5 Å². The van der Waals surface area contributed by atoms with E-state index in [-0.39, 0.29) is 17.9 Å². The summed E-state index contributed by atoms with van der Waals surface area (Å²) in [6.07, 6.45) is 1.75. The largest absolute Gasteiger partial charge is 0.481 e. The standard InChI is InChI=1S/C34H35ClN6O6/c1-6-47-33(44)20-16-41(17-20)26-14-13-19-15-25(37-31(46-5)27(19)26)23-11-7-10-22(28(23)35)21-9-8-12-24(18(21)2)36-30(42)29-32(43)39(3)34(45)40(4)38-29/h7-12,15,20,26H,6,13-14,16-17H2,1-5H3,(H,36,42). The quantitative estimate of drug-likeness (QED) is 0.279. The first-order chi connectivity index (χ1) is 22.5. The molecule has 2 aromatic heterocycles. The number of nitrogens with one attached hydrogen (secondary N) is 1. The van der Waals surface area contributed by atoms with Crippen LogP contribution in [0.3, 0.4) is 0 Å². The molecule has 2 aromatic carbocycles. The van der Waals surface area contributed by atoms with Gasteiger partial charge in [-0.3, -0.25) is 23.9 Å². The molecule has 3 heterocycles. The number of fused-ring (bicyclic) bond motifs is 1. The Kier molecular flexibility index (Phi) is 8.73. The van der Waals surface area contributed by atoms with Crippen LogP contribution in [0.1, 0.15) is 46.6 Å². The number of methoxy groups -OCH3 is 1. The van der Waals surface area contributed by atoms with Crippen molar-refractivity contribution in [3.63, 3.8) is 0 Å². The van der Waals surface area contributed by atoms with E-state index in [0.717, 1.165) is 55.5 Å². The van der Waals surface area contributed by atoms with Crippen LogP contribution in [0.25, 0.3) is 22.4 Å². The van der Waals surface area contributed by atoms with Crippen molar-refractivity contribution < 1.29 is 19.1 Å². The monoisotopic (exact) mass is 658 g/mol. The Bertz CT molecular complexity index is 2030. The van der Waals surface area contributed by atoms with Crippen LogP contribution in [0.5, 0.6) is 5.88 Å². The van der Waals surface area contributed by atoms with E-state index in [1.54, 1.807) is 19.2 Å². The fourth-order valence-corrected chi connectivity index (χ4v) is 6.76. The fourth-order valence-electron chi connectivity index (χ4n) is 6.44. The number of pyridine rings is 1. The van der Waals surface area contributed by atoms with E-state index in [9.17, 15) is 19.2 Å². The first-order valence-electron chi connectivity index (χ1n) is 15.4. The second-order valence-electron chi connectivity index (χ2n) is 11.8. The van der Waals surface area contributed by atoms with E-state index in [2.05, 4.69) is 21.4 Å². The van der Waals surface area contributed by atoms with Crippen molar-refractivity contribution >= 4 is 29.2 Å². The third-order valence-corrected chi connectivity index (χ3v) is 9.38. The van der Waals surface area contributed by atoms with Gasteiger partial charge < -0.3 is 14.8 Å². The van der Waals surface area contributed by atoms with Crippen molar-refractivity contribution in [3.05, 3.63) is 90.7 Å². The number of anilines is 1. The number of benzene rings is 2. The van der Waals surface area contributed by atoms with Gasteiger partial charge >= 0.3 is 11.7 Å². The minimum absolute atomic E-state index is 0.105. The lowest BCUT2D eigenvalue weighted by molar-refractivity contribution is -0.155. The number of carbonyl (C=O) groups excluding carboxylic acids is 2. The molecule has 13 heteroatoms. The number of esters is 1. The minimum Gasteiger partial charge on any atom is -0.481 e. The van der Waals surface area contributed by atoms with Gasteiger partial charge in [-0.25, -0.2) is 14.5 Å². The maximum atomic E-state index is 13.1. The molecule has 1 aliphatic carbocycles. The van der Waals surface area contributed by atoms with E-state index in [0.29, 0.717) is 42.0 Å². The van der Waals surface area contributed by atoms with Crippen LogP contribution in [0, 0.1) is 12.8 Å². The van der Waals surface area contributed by atoms with Gasteiger partial charge in [-0.15, -0.1) is 0 Å². The molecule has 2 aliphatic rings. The molecule has 1 N–H and O–H groups in total. The molecule has 12 nitrogen and oxygen atoms in total. The van der Waals surface area contributed by atoms with Crippen molar-refractivity contribution in [2.45, 2.75) is 32.7 Å². The van der Waals surface area contributed by atoms with Crippen molar-refractivity contribution in [2.75, 3.05) is 32.1 Å². The van der Waals surface area contributed by atoms with Crippen LogP contribution in [0.15, 0.2) is 52.1 Å². The number of hydrogen-bond acceptors (Lipinski definition) is 9. The van der Waals surface area contributed by atoms with E-state index < -0.39 is 22.9 Å². The Balaban J connectivity index is 1.29. The number of aromatic nitrogens is 4. The number of hydrogen-bond donors (Lipinski definition) is 1. The Morgan fingerprint density at radius 1 is 1.06 bits per heavy atom. The summed E-state index contributed by atoms with van der Waals surface area (Å²) in [7, 11) is 4.28. The molecule has 1 aliphatic heterocycles. The summed E-state index contributed by atoms with van der Waals surface area (Å²) in [5.74, 6) is -0.442. The predicted octanol–water partition coefficient (Wildman–Crippen LogP) is 3.91. The molecule has 0 bridgehead atoms. The van der Waals surface area contributed by atoms with Crippen LogP contribution in [-0.2, 0) is 30.0 Å². The molecule has 1 unspecified atom stereocenters. The van der Waals surface area contributed by atoms with Crippen LogP contribution in [0.4, 0.5) is 5.69 Å². The highest BCUT2D eigenvalue weighted by Gasteiger charge is 2.42. The summed E-state index contributed by atoms with van der Waals surface area (Å²) < 4.78 is 12.8. The zero-order chi connectivity index (χ0) is 33.6. The SMILES string of the molecule is CCOC(=O)C1CN(C2CCc3cc(-c4cccc(-c5cccc(NC(=O)c6nn(C)c(=O)n(C)c6=O)c5C)c4Cl)nc(OC)c32)C1. The summed E-state index contributed by atoms with van der Waals surface area (Å²) in [6, 6.07) is 13.3. The predicted molar refractivity (Wildman–Crippen MR) is 177 cm³/mol. The maximum absolute atomic E-state index is 13.1. The number of carbonyl (C=O) groups is 2. The smallest absolute Gasteiger partial charge is 0.346 e. The molecular weight excluding hydrogens is 624 g/mol. The lowest BCUT2D eigenvalue weighted by Crippen LogP contribution is -2.51. The highest BCUT2D eigenvalue weighted by atomic mass is 35.5. The molecule has 6 rings (SSSR count). The Labute approximate surface area is 275 Å². The minimum atomic E-state index is -0.788.